The van der Waals surface area contributed by atoms with Gasteiger partial charge in [0, 0.05) is 0 Å². The van der Waals surface area contributed by atoms with E-state index >= 15 is 0 Å². The van der Waals surface area contributed by atoms with Gasteiger partial charge in [0.2, 0.25) is 0 Å². The highest BCUT2D eigenvalue weighted by atomic mass is 35.5. The third kappa shape index (κ3) is 2.50. The molecule has 0 atom stereocenters. The van der Waals surface area contributed by atoms with Crippen molar-refractivity contribution in [2.24, 2.45) is 0 Å². The largest absolute Gasteiger partial charge is 0.453 e. The molecule has 0 aromatic heterocycles. The summed E-state index contributed by atoms with van der Waals surface area (Å²) in [6, 6.07) is 9.39. The SMILES string of the molecule is Cc1cc(F)ccc1Oc1c(N)cccc1Cl. The molecular formula is C13H11ClFNO. The molecule has 17 heavy (non-hydrogen) atoms. The van der Waals surface area contributed by atoms with E-state index in [1.807, 2.05) is 0 Å². The van der Waals surface area contributed by atoms with Crippen LogP contribution in [0, 0.1) is 12.7 Å². The molecule has 2 nitrogen and oxygen atoms in total. The van der Waals surface area contributed by atoms with E-state index in [0.29, 0.717) is 27.8 Å². The molecule has 0 saturated heterocycles. The van der Waals surface area contributed by atoms with Gasteiger partial charge in [-0.15, -0.1) is 0 Å². The smallest absolute Gasteiger partial charge is 0.168 e. The Morgan fingerprint density at radius 3 is 2.65 bits per heavy atom. The molecule has 0 unspecified atom stereocenters. The van der Waals surface area contributed by atoms with Crippen molar-refractivity contribution >= 4 is 17.3 Å². The Hall–Kier alpha value is -1.74. The lowest BCUT2D eigenvalue weighted by molar-refractivity contribution is 0.479. The standard InChI is InChI=1S/C13H11ClFNO/c1-8-7-9(15)5-6-12(8)17-13-10(14)3-2-4-11(13)16/h2-7H,16H2,1H3. The number of ether oxygens (including phenoxy) is 1. The van der Waals surface area contributed by atoms with Crippen LogP contribution < -0.4 is 10.5 Å². The second-order valence-corrected chi connectivity index (χ2v) is 4.08. The zero-order chi connectivity index (χ0) is 12.4. The normalized spacial score (nSPS) is 10.3. The number of para-hydroxylation sites is 1. The highest BCUT2D eigenvalue weighted by Crippen LogP contribution is 2.35. The van der Waals surface area contributed by atoms with Crippen molar-refractivity contribution in [3.63, 3.8) is 0 Å². The molecule has 0 amide bonds. The summed E-state index contributed by atoms with van der Waals surface area (Å²) in [7, 11) is 0. The van der Waals surface area contributed by atoms with Crippen LogP contribution in [0.15, 0.2) is 36.4 Å². The summed E-state index contributed by atoms with van der Waals surface area (Å²) < 4.78 is 18.5. The van der Waals surface area contributed by atoms with Crippen LogP contribution in [0.4, 0.5) is 10.1 Å². The van der Waals surface area contributed by atoms with Crippen LogP contribution in [-0.4, -0.2) is 0 Å². The molecule has 0 aliphatic carbocycles. The van der Waals surface area contributed by atoms with E-state index in [2.05, 4.69) is 0 Å². The van der Waals surface area contributed by atoms with Crippen LogP contribution in [-0.2, 0) is 0 Å². The van der Waals surface area contributed by atoms with Gasteiger partial charge in [-0.2, -0.15) is 0 Å². The number of nitrogen functional groups attached to an aromatic ring is 1. The summed E-state index contributed by atoms with van der Waals surface area (Å²) in [5, 5.41) is 0.425. The Labute approximate surface area is 104 Å². The summed E-state index contributed by atoms with van der Waals surface area (Å²) in [6.45, 7) is 1.76. The number of rotatable bonds is 2. The Morgan fingerprint density at radius 1 is 1.24 bits per heavy atom. The maximum atomic E-state index is 12.9. The van der Waals surface area contributed by atoms with E-state index < -0.39 is 0 Å². The Balaban J connectivity index is 2.38. The van der Waals surface area contributed by atoms with E-state index in [9.17, 15) is 4.39 Å². The molecule has 0 heterocycles. The third-order valence-corrected chi connectivity index (χ3v) is 2.64. The maximum absolute atomic E-state index is 12.9. The number of nitrogens with two attached hydrogens (primary N) is 1. The molecule has 0 bridgehead atoms. The third-order valence-electron chi connectivity index (χ3n) is 2.35. The molecule has 0 saturated carbocycles. The fourth-order valence-corrected chi connectivity index (χ4v) is 1.69. The molecule has 0 spiro atoms. The van der Waals surface area contributed by atoms with E-state index in [1.54, 1.807) is 31.2 Å². The van der Waals surface area contributed by atoms with Gasteiger partial charge in [0.1, 0.15) is 11.6 Å². The minimum absolute atomic E-state index is 0.304. The highest BCUT2D eigenvalue weighted by Gasteiger charge is 2.09. The summed E-state index contributed by atoms with van der Waals surface area (Å²) >= 11 is 5.98. The fourth-order valence-electron chi connectivity index (χ4n) is 1.47. The lowest BCUT2D eigenvalue weighted by Gasteiger charge is -2.12. The van der Waals surface area contributed by atoms with Crippen molar-refractivity contribution < 1.29 is 9.13 Å². The minimum atomic E-state index is -0.304. The molecule has 2 rings (SSSR count). The highest BCUT2D eigenvalue weighted by molar-refractivity contribution is 6.32. The molecule has 4 heteroatoms. The molecule has 0 fully saturated rings. The number of hydrogen-bond acceptors (Lipinski definition) is 2. The van der Waals surface area contributed by atoms with E-state index in [4.69, 9.17) is 22.1 Å². The summed E-state index contributed by atoms with van der Waals surface area (Å²) in [6.07, 6.45) is 0. The van der Waals surface area contributed by atoms with Crippen LogP contribution in [0.3, 0.4) is 0 Å². The first-order valence-corrected chi connectivity index (χ1v) is 5.43. The molecule has 0 radical (unpaired) electrons. The van der Waals surface area contributed by atoms with Gasteiger partial charge >= 0.3 is 0 Å². The van der Waals surface area contributed by atoms with Crippen LogP contribution in [0.5, 0.6) is 11.5 Å². The zero-order valence-electron chi connectivity index (χ0n) is 9.21. The van der Waals surface area contributed by atoms with Crippen molar-refractivity contribution in [3.8, 4) is 11.5 Å². The minimum Gasteiger partial charge on any atom is -0.453 e. The van der Waals surface area contributed by atoms with Gasteiger partial charge in [-0.25, -0.2) is 4.39 Å². The van der Waals surface area contributed by atoms with Crippen LogP contribution in [0.2, 0.25) is 5.02 Å². The fraction of sp³-hybridized carbons (Fsp3) is 0.0769. The summed E-state index contributed by atoms with van der Waals surface area (Å²) in [5.74, 6) is 0.622. The van der Waals surface area contributed by atoms with Gasteiger partial charge in [0.05, 0.1) is 10.7 Å². The van der Waals surface area contributed by atoms with Crippen LogP contribution in [0.25, 0.3) is 0 Å². The van der Waals surface area contributed by atoms with Gasteiger partial charge in [-0.1, -0.05) is 17.7 Å². The first kappa shape index (κ1) is 11.7. The van der Waals surface area contributed by atoms with Gasteiger partial charge in [0.25, 0.3) is 0 Å². The first-order chi connectivity index (χ1) is 8.08. The maximum Gasteiger partial charge on any atom is 0.168 e. The molecule has 2 N–H and O–H groups in total. The Morgan fingerprint density at radius 2 is 2.00 bits per heavy atom. The van der Waals surface area contributed by atoms with E-state index in [0.717, 1.165) is 0 Å². The van der Waals surface area contributed by atoms with Gasteiger partial charge in [-0.3, -0.25) is 0 Å². The molecule has 2 aromatic rings. The monoisotopic (exact) mass is 251 g/mol. The molecule has 0 aliphatic heterocycles. The van der Waals surface area contributed by atoms with Gasteiger partial charge in [0.15, 0.2) is 5.75 Å². The number of halogens is 2. The predicted molar refractivity (Wildman–Crippen MR) is 67.1 cm³/mol. The Kier molecular flexibility index (Phi) is 3.20. The lowest BCUT2D eigenvalue weighted by atomic mass is 10.2. The van der Waals surface area contributed by atoms with E-state index in [1.165, 1.54) is 12.1 Å². The van der Waals surface area contributed by atoms with Crippen molar-refractivity contribution in [1.29, 1.82) is 0 Å². The van der Waals surface area contributed by atoms with Crippen molar-refractivity contribution in [1.82, 2.24) is 0 Å². The first-order valence-electron chi connectivity index (χ1n) is 5.06. The second-order valence-electron chi connectivity index (χ2n) is 3.67. The van der Waals surface area contributed by atoms with Crippen LogP contribution in [0.1, 0.15) is 5.56 Å². The number of aryl methyl sites for hydroxylation is 1. The number of hydrogen-bond donors (Lipinski definition) is 1. The van der Waals surface area contributed by atoms with Crippen molar-refractivity contribution in [2.75, 3.05) is 5.73 Å². The quantitative estimate of drug-likeness (QED) is 0.814. The molecule has 0 aliphatic rings. The predicted octanol–water partition coefficient (Wildman–Crippen LogP) is 4.16. The molecular weight excluding hydrogens is 241 g/mol. The van der Waals surface area contributed by atoms with Crippen molar-refractivity contribution in [2.45, 2.75) is 6.92 Å². The average Bonchev–Trinajstić information content (AvgIpc) is 2.26. The molecule has 88 valence electrons. The lowest BCUT2D eigenvalue weighted by Crippen LogP contribution is -1.94. The number of benzene rings is 2. The average molecular weight is 252 g/mol. The topological polar surface area (TPSA) is 35.2 Å². The van der Waals surface area contributed by atoms with Gasteiger partial charge in [-0.05, 0) is 42.8 Å². The molecule has 2 aromatic carbocycles. The number of anilines is 1. The van der Waals surface area contributed by atoms with Crippen molar-refractivity contribution in [3.05, 3.63) is 52.8 Å². The van der Waals surface area contributed by atoms with Crippen LogP contribution >= 0.6 is 11.6 Å². The summed E-state index contributed by atoms with van der Waals surface area (Å²) in [4.78, 5) is 0. The van der Waals surface area contributed by atoms with Gasteiger partial charge < -0.3 is 10.5 Å². The summed E-state index contributed by atoms with van der Waals surface area (Å²) in [5.41, 5.74) is 6.90. The second kappa shape index (κ2) is 4.63. The zero-order valence-corrected chi connectivity index (χ0v) is 9.96. The van der Waals surface area contributed by atoms with E-state index in [-0.39, 0.29) is 5.82 Å². The Bertz CT molecular complexity index is 537.